The first-order chi connectivity index (χ1) is 8.97. The molecule has 2 N–H and O–H groups in total. The highest BCUT2D eigenvalue weighted by Crippen LogP contribution is 2.25. The molecule has 1 aromatic rings. The van der Waals surface area contributed by atoms with Crippen LogP contribution in [0.2, 0.25) is 0 Å². The molecule has 1 atom stereocenters. The number of ether oxygens (including phenoxy) is 1. The van der Waals surface area contributed by atoms with Gasteiger partial charge >= 0.3 is 0 Å². The lowest BCUT2D eigenvalue weighted by molar-refractivity contribution is 0.337. The fraction of sp³-hybridized carbons (Fsp3) is 0.647. The minimum atomic E-state index is 0.323. The van der Waals surface area contributed by atoms with Crippen molar-refractivity contribution in [2.75, 3.05) is 6.61 Å². The smallest absolute Gasteiger partial charge is 0.122 e. The van der Waals surface area contributed by atoms with Gasteiger partial charge < -0.3 is 10.5 Å². The zero-order chi connectivity index (χ0) is 14.4. The Labute approximate surface area is 118 Å². The van der Waals surface area contributed by atoms with Gasteiger partial charge in [0.2, 0.25) is 0 Å². The molecule has 0 radical (unpaired) electrons. The maximum atomic E-state index is 6.09. The molecule has 0 amide bonds. The molecule has 0 spiro atoms. The number of hydrogen-bond acceptors (Lipinski definition) is 2. The van der Waals surface area contributed by atoms with Crippen molar-refractivity contribution in [1.29, 1.82) is 0 Å². The van der Waals surface area contributed by atoms with Gasteiger partial charge in [0.15, 0.2) is 0 Å². The average Bonchev–Trinajstić information content (AvgIpc) is 2.37. The zero-order valence-electron chi connectivity index (χ0n) is 13.1. The highest BCUT2D eigenvalue weighted by molar-refractivity contribution is 5.43. The average molecular weight is 263 g/mol. The third-order valence-corrected chi connectivity index (χ3v) is 3.99. The van der Waals surface area contributed by atoms with Crippen molar-refractivity contribution in [3.63, 3.8) is 0 Å². The van der Waals surface area contributed by atoms with Gasteiger partial charge in [-0.25, -0.2) is 0 Å². The second kappa shape index (κ2) is 7.54. The molecule has 0 aliphatic carbocycles. The van der Waals surface area contributed by atoms with Gasteiger partial charge in [0, 0.05) is 6.04 Å². The van der Waals surface area contributed by atoms with Crippen LogP contribution in [0, 0.1) is 19.8 Å². The topological polar surface area (TPSA) is 35.2 Å². The van der Waals surface area contributed by atoms with Crippen LogP contribution in [0.25, 0.3) is 0 Å². The lowest BCUT2D eigenvalue weighted by Gasteiger charge is -2.17. The molecule has 0 heterocycles. The molecule has 19 heavy (non-hydrogen) atoms. The summed E-state index contributed by atoms with van der Waals surface area (Å²) in [6.07, 6.45) is 3.37. The van der Waals surface area contributed by atoms with E-state index in [-0.39, 0.29) is 0 Å². The predicted molar refractivity (Wildman–Crippen MR) is 82.8 cm³/mol. The molecule has 0 saturated carbocycles. The summed E-state index contributed by atoms with van der Waals surface area (Å²) in [5.41, 5.74) is 10.2. The van der Waals surface area contributed by atoms with Crippen molar-refractivity contribution in [3.8, 4) is 5.75 Å². The van der Waals surface area contributed by atoms with Crippen molar-refractivity contribution < 1.29 is 4.74 Å². The maximum absolute atomic E-state index is 6.09. The Kier molecular flexibility index (Phi) is 6.36. The second-order valence-corrected chi connectivity index (χ2v) is 5.71. The van der Waals surface area contributed by atoms with Gasteiger partial charge in [0.05, 0.1) is 6.61 Å². The highest BCUT2D eigenvalue weighted by atomic mass is 16.5. The SMILES string of the molecule is CCOc1ccc(CCCC(N)C(C)C)c(C)c1C. The van der Waals surface area contributed by atoms with E-state index in [0.717, 1.165) is 31.6 Å². The second-order valence-electron chi connectivity index (χ2n) is 5.71. The molecule has 1 aromatic carbocycles. The van der Waals surface area contributed by atoms with Crippen LogP contribution in [0.5, 0.6) is 5.75 Å². The van der Waals surface area contributed by atoms with Crippen LogP contribution >= 0.6 is 0 Å². The third-order valence-electron chi connectivity index (χ3n) is 3.99. The Morgan fingerprint density at radius 3 is 2.42 bits per heavy atom. The van der Waals surface area contributed by atoms with Crippen LogP contribution in [-0.2, 0) is 6.42 Å². The van der Waals surface area contributed by atoms with E-state index in [2.05, 4.69) is 39.8 Å². The Morgan fingerprint density at radius 2 is 1.84 bits per heavy atom. The van der Waals surface area contributed by atoms with Crippen molar-refractivity contribution in [1.82, 2.24) is 0 Å². The zero-order valence-corrected chi connectivity index (χ0v) is 13.1. The fourth-order valence-electron chi connectivity index (χ4n) is 2.30. The van der Waals surface area contributed by atoms with E-state index in [1.54, 1.807) is 0 Å². The third kappa shape index (κ3) is 4.54. The molecule has 0 fully saturated rings. The van der Waals surface area contributed by atoms with Crippen LogP contribution < -0.4 is 10.5 Å². The van der Waals surface area contributed by atoms with E-state index in [4.69, 9.17) is 10.5 Å². The summed E-state index contributed by atoms with van der Waals surface area (Å²) in [4.78, 5) is 0. The minimum absolute atomic E-state index is 0.323. The van der Waals surface area contributed by atoms with Crippen molar-refractivity contribution in [2.24, 2.45) is 11.7 Å². The summed E-state index contributed by atoms with van der Waals surface area (Å²) in [5, 5.41) is 0. The molecule has 0 aliphatic heterocycles. The molecule has 2 nitrogen and oxygen atoms in total. The van der Waals surface area contributed by atoms with Gasteiger partial charge in [-0.05, 0) is 68.7 Å². The maximum Gasteiger partial charge on any atom is 0.122 e. The first-order valence-electron chi connectivity index (χ1n) is 7.44. The Balaban J connectivity index is 2.62. The first kappa shape index (κ1) is 16.0. The lowest BCUT2D eigenvalue weighted by Crippen LogP contribution is -2.26. The monoisotopic (exact) mass is 263 g/mol. The van der Waals surface area contributed by atoms with Crippen LogP contribution in [0.15, 0.2) is 12.1 Å². The van der Waals surface area contributed by atoms with Gasteiger partial charge in [-0.2, -0.15) is 0 Å². The molecule has 2 heteroatoms. The van der Waals surface area contributed by atoms with Gasteiger partial charge in [-0.1, -0.05) is 19.9 Å². The van der Waals surface area contributed by atoms with E-state index < -0.39 is 0 Å². The van der Waals surface area contributed by atoms with E-state index in [1.807, 2.05) is 6.92 Å². The van der Waals surface area contributed by atoms with Gasteiger partial charge in [0.1, 0.15) is 5.75 Å². The summed E-state index contributed by atoms with van der Waals surface area (Å²) in [5.74, 6) is 1.59. The van der Waals surface area contributed by atoms with Crippen molar-refractivity contribution in [3.05, 3.63) is 28.8 Å². The quantitative estimate of drug-likeness (QED) is 0.806. The molecule has 1 unspecified atom stereocenters. The molecule has 0 aliphatic rings. The first-order valence-corrected chi connectivity index (χ1v) is 7.44. The summed E-state index contributed by atoms with van der Waals surface area (Å²) in [6.45, 7) is 11.5. The summed E-state index contributed by atoms with van der Waals surface area (Å²) < 4.78 is 5.63. The predicted octanol–water partition coefficient (Wildman–Crippen LogP) is 4.01. The van der Waals surface area contributed by atoms with Gasteiger partial charge in [-0.15, -0.1) is 0 Å². The van der Waals surface area contributed by atoms with Crippen molar-refractivity contribution in [2.45, 2.75) is 59.9 Å². The van der Waals surface area contributed by atoms with E-state index >= 15 is 0 Å². The molecule has 108 valence electrons. The molecule has 0 aromatic heterocycles. The van der Waals surface area contributed by atoms with Crippen LogP contribution in [0.4, 0.5) is 0 Å². The standard InChI is InChI=1S/C17H29NO/c1-6-19-17-11-10-15(13(4)14(17)5)8-7-9-16(18)12(2)3/h10-12,16H,6-9,18H2,1-5H3. The summed E-state index contributed by atoms with van der Waals surface area (Å²) in [7, 11) is 0. The van der Waals surface area contributed by atoms with Crippen molar-refractivity contribution >= 4 is 0 Å². The van der Waals surface area contributed by atoms with E-state index in [9.17, 15) is 0 Å². The Morgan fingerprint density at radius 1 is 1.16 bits per heavy atom. The Bertz CT molecular complexity index is 398. The van der Waals surface area contributed by atoms with Crippen LogP contribution in [0.3, 0.4) is 0 Å². The fourth-order valence-corrected chi connectivity index (χ4v) is 2.30. The largest absolute Gasteiger partial charge is 0.494 e. The van der Waals surface area contributed by atoms with Gasteiger partial charge in [-0.3, -0.25) is 0 Å². The molecular formula is C17H29NO. The number of rotatable bonds is 7. The summed E-state index contributed by atoms with van der Waals surface area (Å²) in [6, 6.07) is 4.63. The number of nitrogens with two attached hydrogens (primary N) is 1. The molecule has 1 rings (SSSR count). The number of aryl methyl sites for hydroxylation is 1. The molecule has 0 bridgehead atoms. The van der Waals surface area contributed by atoms with Crippen LogP contribution in [-0.4, -0.2) is 12.6 Å². The Hall–Kier alpha value is -1.02. The lowest BCUT2D eigenvalue weighted by atomic mass is 9.94. The number of hydrogen-bond donors (Lipinski definition) is 1. The van der Waals surface area contributed by atoms with E-state index in [0.29, 0.717) is 12.0 Å². The highest BCUT2D eigenvalue weighted by Gasteiger charge is 2.10. The summed E-state index contributed by atoms with van der Waals surface area (Å²) >= 11 is 0. The number of benzene rings is 1. The van der Waals surface area contributed by atoms with Gasteiger partial charge in [0.25, 0.3) is 0 Å². The normalized spacial score (nSPS) is 12.8. The van der Waals surface area contributed by atoms with Crippen LogP contribution in [0.1, 0.15) is 50.3 Å². The molecule has 0 saturated heterocycles. The van der Waals surface area contributed by atoms with E-state index in [1.165, 1.54) is 16.7 Å². The molecular weight excluding hydrogens is 234 g/mol. The minimum Gasteiger partial charge on any atom is -0.494 e.